The molecule has 0 amide bonds. The van der Waals surface area contributed by atoms with Gasteiger partial charge in [-0.05, 0) is 42.5 Å². The Bertz CT molecular complexity index is 753. The van der Waals surface area contributed by atoms with Crippen LogP contribution in [-0.4, -0.2) is 10.1 Å². The Hall–Kier alpha value is -2.26. The molecule has 0 aliphatic heterocycles. The normalized spacial score (nSPS) is 10.7. The molecule has 0 saturated carbocycles. The maximum absolute atomic E-state index is 9.82. The first-order valence-electron chi connectivity index (χ1n) is 6.29. The minimum Gasteiger partial charge on any atom is -0.508 e. The van der Waals surface area contributed by atoms with Crippen molar-refractivity contribution in [3.05, 3.63) is 65.3 Å². The van der Waals surface area contributed by atoms with Crippen LogP contribution in [0.1, 0.15) is 5.56 Å². The van der Waals surface area contributed by atoms with Gasteiger partial charge < -0.3 is 10.4 Å². The number of halogens is 1. The van der Waals surface area contributed by atoms with Crippen LogP contribution in [-0.2, 0) is 6.54 Å². The summed E-state index contributed by atoms with van der Waals surface area (Å²) in [5.74, 6) is 0.236. The van der Waals surface area contributed by atoms with E-state index in [0.29, 0.717) is 11.6 Å². The van der Waals surface area contributed by atoms with Crippen molar-refractivity contribution in [2.75, 3.05) is 5.32 Å². The first-order valence-corrected chi connectivity index (χ1v) is 6.67. The molecule has 0 atom stereocenters. The van der Waals surface area contributed by atoms with Crippen LogP contribution in [0.4, 0.5) is 5.69 Å². The fraction of sp³-hybridized carbons (Fsp3) is 0.0625. The highest BCUT2D eigenvalue weighted by atomic mass is 35.5. The maximum Gasteiger partial charge on any atom is 0.120 e. The van der Waals surface area contributed by atoms with Gasteiger partial charge in [-0.2, -0.15) is 0 Å². The van der Waals surface area contributed by atoms with E-state index >= 15 is 0 Å². The van der Waals surface area contributed by atoms with Gasteiger partial charge in [0.25, 0.3) is 0 Å². The molecule has 3 rings (SSSR count). The number of phenolic OH excluding ortho intramolecular Hbond substituents is 1. The highest BCUT2D eigenvalue weighted by Gasteiger charge is 2.04. The van der Waals surface area contributed by atoms with Crippen LogP contribution in [0.5, 0.6) is 5.75 Å². The zero-order valence-corrected chi connectivity index (χ0v) is 11.4. The van der Waals surface area contributed by atoms with Gasteiger partial charge in [-0.3, -0.25) is 4.98 Å². The number of pyridine rings is 1. The summed E-state index contributed by atoms with van der Waals surface area (Å²) in [4.78, 5) is 4.32. The number of nitrogens with one attached hydrogen (secondary N) is 1. The lowest BCUT2D eigenvalue weighted by atomic mass is 10.1. The van der Waals surface area contributed by atoms with Gasteiger partial charge in [0.05, 0.1) is 5.52 Å². The third kappa shape index (κ3) is 2.53. The fourth-order valence-corrected chi connectivity index (χ4v) is 2.34. The molecule has 1 aromatic heterocycles. The van der Waals surface area contributed by atoms with Crippen LogP contribution in [0, 0.1) is 0 Å². The monoisotopic (exact) mass is 284 g/mol. The van der Waals surface area contributed by atoms with Crippen LogP contribution in [0.2, 0.25) is 5.02 Å². The van der Waals surface area contributed by atoms with E-state index in [1.54, 1.807) is 24.4 Å². The Morgan fingerprint density at radius 1 is 1.10 bits per heavy atom. The molecule has 0 fully saturated rings. The number of aromatic nitrogens is 1. The number of hydrogen-bond acceptors (Lipinski definition) is 3. The second-order valence-corrected chi connectivity index (χ2v) is 4.94. The first-order chi connectivity index (χ1) is 9.74. The van der Waals surface area contributed by atoms with Gasteiger partial charge in [-0.25, -0.2) is 0 Å². The van der Waals surface area contributed by atoms with Crippen molar-refractivity contribution in [1.82, 2.24) is 4.98 Å². The highest BCUT2D eigenvalue weighted by molar-refractivity contribution is 6.30. The highest BCUT2D eigenvalue weighted by Crippen LogP contribution is 2.25. The Morgan fingerprint density at radius 3 is 2.90 bits per heavy atom. The zero-order valence-electron chi connectivity index (χ0n) is 10.7. The predicted octanol–water partition coefficient (Wildman–Crippen LogP) is 4.21. The van der Waals surface area contributed by atoms with Crippen LogP contribution < -0.4 is 5.32 Å². The summed E-state index contributed by atoms with van der Waals surface area (Å²) >= 11 is 5.94. The molecule has 0 saturated heterocycles. The number of nitrogens with zero attached hydrogens (tertiary/aromatic N) is 1. The molecule has 100 valence electrons. The zero-order chi connectivity index (χ0) is 13.9. The summed E-state index contributed by atoms with van der Waals surface area (Å²) in [5, 5.41) is 14.8. The van der Waals surface area contributed by atoms with Crippen molar-refractivity contribution >= 4 is 28.2 Å². The number of aromatic hydroxyl groups is 1. The second-order valence-electron chi connectivity index (χ2n) is 4.50. The van der Waals surface area contributed by atoms with E-state index in [1.807, 2.05) is 30.3 Å². The molecule has 0 spiro atoms. The number of anilines is 1. The third-order valence-electron chi connectivity index (χ3n) is 3.16. The number of rotatable bonds is 3. The Balaban J connectivity index is 1.89. The molecule has 3 nitrogen and oxygen atoms in total. The average Bonchev–Trinajstić information content (AvgIpc) is 2.48. The smallest absolute Gasteiger partial charge is 0.120 e. The summed E-state index contributed by atoms with van der Waals surface area (Å²) in [6.45, 7) is 0.500. The van der Waals surface area contributed by atoms with Crippen molar-refractivity contribution < 1.29 is 5.11 Å². The molecule has 1 heterocycles. The van der Waals surface area contributed by atoms with E-state index in [0.717, 1.165) is 22.2 Å². The molecule has 2 N–H and O–H groups in total. The molecule has 0 radical (unpaired) electrons. The van der Waals surface area contributed by atoms with E-state index < -0.39 is 0 Å². The van der Waals surface area contributed by atoms with E-state index in [9.17, 15) is 5.11 Å². The van der Waals surface area contributed by atoms with Crippen molar-refractivity contribution in [2.24, 2.45) is 0 Å². The molecule has 4 heteroatoms. The molecule has 2 aromatic carbocycles. The van der Waals surface area contributed by atoms with E-state index in [2.05, 4.69) is 10.3 Å². The summed E-state index contributed by atoms with van der Waals surface area (Å²) in [5.41, 5.74) is 2.68. The minimum atomic E-state index is 0.236. The van der Waals surface area contributed by atoms with E-state index in [-0.39, 0.29) is 5.75 Å². The first kappa shape index (κ1) is 12.8. The van der Waals surface area contributed by atoms with Gasteiger partial charge in [0.2, 0.25) is 0 Å². The number of fused-ring (bicyclic) bond motifs is 1. The molecule has 0 bridgehead atoms. The largest absolute Gasteiger partial charge is 0.508 e. The lowest BCUT2D eigenvalue weighted by Crippen LogP contribution is -2.00. The van der Waals surface area contributed by atoms with Crippen LogP contribution in [0.25, 0.3) is 10.9 Å². The van der Waals surface area contributed by atoms with Crippen molar-refractivity contribution in [3.8, 4) is 5.75 Å². The van der Waals surface area contributed by atoms with Gasteiger partial charge in [0.1, 0.15) is 5.75 Å². The van der Waals surface area contributed by atoms with Gasteiger partial charge in [0.15, 0.2) is 0 Å². The molecule has 0 aliphatic carbocycles. The lowest BCUT2D eigenvalue weighted by molar-refractivity contribution is 0.469. The van der Waals surface area contributed by atoms with E-state index in [4.69, 9.17) is 11.6 Å². The van der Waals surface area contributed by atoms with Crippen LogP contribution in [0.15, 0.2) is 54.7 Å². The average molecular weight is 285 g/mol. The molecule has 20 heavy (non-hydrogen) atoms. The maximum atomic E-state index is 9.82. The third-order valence-corrected chi connectivity index (χ3v) is 3.39. The predicted molar refractivity (Wildman–Crippen MR) is 82.2 cm³/mol. The second kappa shape index (κ2) is 5.39. The van der Waals surface area contributed by atoms with Crippen molar-refractivity contribution in [3.63, 3.8) is 0 Å². The molecule has 0 aliphatic rings. The number of hydrogen-bond donors (Lipinski definition) is 2. The fourth-order valence-electron chi connectivity index (χ4n) is 2.14. The standard InChI is InChI=1S/C16H13ClN2O/c17-12-6-7-16(20)11(9-12)10-19-15-5-1-4-14-13(15)3-2-8-18-14/h1-9,19-20H,10H2. The summed E-state index contributed by atoms with van der Waals surface area (Å²) in [7, 11) is 0. The molecule has 3 aromatic rings. The Morgan fingerprint density at radius 2 is 2.00 bits per heavy atom. The minimum absolute atomic E-state index is 0.236. The van der Waals surface area contributed by atoms with Crippen LogP contribution in [0.3, 0.4) is 0 Å². The van der Waals surface area contributed by atoms with Gasteiger partial charge in [0, 0.05) is 34.4 Å². The summed E-state index contributed by atoms with van der Waals surface area (Å²) in [6, 6.07) is 14.9. The topological polar surface area (TPSA) is 45.1 Å². The summed E-state index contributed by atoms with van der Waals surface area (Å²) < 4.78 is 0. The number of benzene rings is 2. The molecular weight excluding hydrogens is 272 g/mol. The SMILES string of the molecule is Oc1ccc(Cl)cc1CNc1cccc2ncccc12. The molecule has 0 unspecified atom stereocenters. The quantitative estimate of drug-likeness (QED) is 0.757. The summed E-state index contributed by atoms with van der Waals surface area (Å²) in [6.07, 6.45) is 1.77. The van der Waals surface area contributed by atoms with E-state index in [1.165, 1.54) is 0 Å². The van der Waals surface area contributed by atoms with Gasteiger partial charge in [-0.1, -0.05) is 17.7 Å². The Kier molecular flexibility index (Phi) is 3.44. The Labute approximate surface area is 121 Å². The van der Waals surface area contributed by atoms with Crippen molar-refractivity contribution in [1.29, 1.82) is 0 Å². The lowest BCUT2D eigenvalue weighted by Gasteiger charge is -2.10. The van der Waals surface area contributed by atoms with Crippen LogP contribution >= 0.6 is 11.6 Å². The van der Waals surface area contributed by atoms with Crippen molar-refractivity contribution in [2.45, 2.75) is 6.54 Å². The van der Waals surface area contributed by atoms with Gasteiger partial charge >= 0.3 is 0 Å². The number of phenols is 1. The van der Waals surface area contributed by atoms with Gasteiger partial charge in [-0.15, -0.1) is 0 Å². The molecular formula is C16H13ClN2O.